The zero-order valence-electron chi connectivity index (χ0n) is 19.5. The topological polar surface area (TPSA) is 29.5 Å². The summed E-state index contributed by atoms with van der Waals surface area (Å²) < 4.78 is 14.0. The number of fused-ring (bicyclic) bond motifs is 10. The van der Waals surface area contributed by atoms with E-state index in [1.165, 1.54) is 64.4 Å². The van der Waals surface area contributed by atoms with Gasteiger partial charge in [-0.3, -0.25) is 0 Å². The summed E-state index contributed by atoms with van der Waals surface area (Å²) in [4.78, 5) is 11.4. The first-order valence-corrected chi connectivity index (χ1v) is 27.5. The Balaban J connectivity index is 1.18. The Morgan fingerprint density at radius 3 is 1.70 bits per heavy atom. The second-order valence-corrected chi connectivity index (χ2v) is 54.2. The first kappa shape index (κ1) is 17.6. The minimum absolute atomic E-state index is 0.315. The van der Waals surface area contributed by atoms with Crippen LogP contribution < -0.4 is 0 Å². The van der Waals surface area contributed by atoms with E-state index in [0.29, 0.717) is 6.61 Å². The number of aliphatic hydroxyl groups is 1. The number of ether oxygens (including phenoxy) is 1. The van der Waals surface area contributed by atoms with Gasteiger partial charge in [0, 0.05) is 0 Å². The third-order valence-corrected chi connectivity index (χ3v) is 96.5. The molecule has 5 unspecified atom stereocenters. The fourth-order valence-corrected chi connectivity index (χ4v) is 172. The zero-order chi connectivity index (χ0) is 20.3. The van der Waals surface area contributed by atoms with Crippen molar-refractivity contribution < 1.29 is 16.4 Å². The van der Waals surface area contributed by atoms with Crippen molar-refractivity contribution >= 4 is 18.4 Å². The van der Waals surface area contributed by atoms with Gasteiger partial charge < -0.3 is 0 Å². The maximum absolute atomic E-state index is 9.35. The van der Waals surface area contributed by atoms with Gasteiger partial charge in [0.25, 0.3) is 0 Å². The van der Waals surface area contributed by atoms with Crippen LogP contribution in [0, 0.1) is 0 Å². The van der Waals surface area contributed by atoms with Gasteiger partial charge >= 0.3 is 179 Å². The molecular formula is C26H44FeO2Sn. The molecule has 10 heterocycles. The van der Waals surface area contributed by atoms with Crippen LogP contribution in [0.15, 0.2) is 0 Å². The molecule has 0 bridgehead atoms. The Hall–Kier alpha value is 1.24. The quantitative estimate of drug-likeness (QED) is 0.162. The van der Waals surface area contributed by atoms with Crippen molar-refractivity contribution in [2.45, 2.75) is 124 Å². The van der Waals surface area contributed by atoms with E-state index in [-0.39, 0.29) is 0 Å². The molecule has 10 rings (SSSR count). The predicted octanol–water partition coefficient (Wildman–Crippen LogP) is 7.90. The summed E-state index contributed by atoms with van der Waals surface area (Å²) in [5.41, 5.74) is 0. The van der Waals surface area contributed by atoms with Crippen LogP contribution in [0.4, 0.5) is 0 Å². The van der Waals surface area contributed by atoms with Crippen LogP contribution in [0.1, 0.15) is 65.7 Å². The number of aliphatic hydroxyl groups excluding tert-OH is 1. The standard InChI is InChI=1S/C9H12O2.C5H5.3C4H9.Fe.Sn/c10-6-3-7-11-8-9-4-1-2-5-9;1-2-4-5-3-1;3*1-3-4-2;;/h1-2,4,10H,3,6-8H2;1-5H;3*1,3-4H2,2H3;;. The maximum atomic E-state index is 9.35. The van der Waals surface area contributed by atoms with Crippen LogP contribution in [0.5, 0.6) is 0 Å². The molecule has 2 nitrogen and oxygen atoms in total. The molecule has 10 fully saturated rings. The molecule has 1 N–H and O–H groups in total. The van der Waals surface area contributed by atoms with Crippen LogP contribution in [0.2, 0.25) is 58.5 Å². The fourth-order valence-electron chi connectivity index (χ4n) is 21.9. The van der Waals surface area contributed by atoms with Crippen molar-refractivity contribution in [3.63, 3.8) is 0 Å². The van der Waals surface area contributed by atoms with Gasteiger partial charge in [-0.15, -0.1) is 0 Å². The first-order valence-electron chi connectivity index (χ1n) is 13.8. The number of hydrogen-bond acceptors (Lipinski definition) is 2. The van der Waals surface area contributed by atoms with Gasteiger partial charge in [-0.1, -0.05) is 0 Å². The van der Waals surface area contributed by atoms with Gasteiger partial charge in [0.15, 0.2) is 0 Å². The van der Waals surface area contributed by atoms with Crippen LogP contribution >= 0.6 is 0 Å². The molecule has 0 amide bonds. The van der Waals surface area contributed by atoms with Gasteiger partial charge in [0.05, 0.1) is 0 Å². The van der Waals surface area contributed by atoms with Crippen molar-refractivity contribution in [1.82, 2.24) is 0 Å². The van der Waals surface area contributed by atoms with Gasteiger partial charge in [-0.25, -0.2) is 0 Å². The van der Waals surface area contributed by atoms with Crippen LogP contribution in [0.25, 0.3) is 0 Å². The average Bonchev–Trinajstić information content (AvgIpc) is 3.71. The molecule has 0 aromatic heterocycles. The Labute approximate surface area is 177 Å². The van der Waals surface area contributed by atoms with E-state index in [4.69, 9.17) is 4.74 Å². The third kappa shape index (κ3) is 0.347. The summed E-state index contributed by atoms with van der Waals surface area (Å²) in [6.45, 7) is 6.47. The summed E-state index contributed by atoms with van der Waals surface area (Å²) in [6.07, 6.45) is 9.94. The molecule has 10 saturated heterocycles. The summed E-state index contributed by atoms with van der Waals surface area (Å²) in [5, 5.41) is 9.35. The van der Waals surface area contributed by atoms with Crippen molar-refractivity contribution in [2.75, 3.05) is 19.8 Å². The second-order valence-electron chi connectivity index (χ2n) is 15.6. The average molecular weight is 563 g/mol. The molecule has 0 aromatic carbocycles. The molecule has 30 heavy (non-hydrogen) atoms. The molecule has 172 valence electrons. The summed E-state index contributed by atoms with van der Waals surface area (Å²) >= 11 is -2.29. The van der Waals surface area contributed by atoms with E-state index >= 15 is 0 Å². The van der Waals surface area contributed by atoms with E-state index in [1.807, 2.05) is 0 Å². The van der Waals surface area contributed by atoms with E-state index in [0.717, 1.165) is 19.7 Å². The molecule has 10 aliphatic heterocycles. The van der Waals surface area contributed by atoms with Gasteiger partial charge in [-0.05, 0) is 0 Å². The Kier molecular flexibility index (Phi) is 1.45. The molecule has 0 saturated carbocycles. The minimum atomic E-state index is -3.36. The number of rotatable bonds is 15. The van der Waals surface area contributed by atoms with Gasteiger partial charge in [0.1, 0.15) is 0 Å². The van der Waals surface area contributed by atoms with E-state index in [1.54, 1.807) is 32.6 Å². The second kappa shape index (κ2) is 2.47. The van der Waals surface area contributed by atoms with Gasteiger partial charge in [-0.2, -0.15) is 0 Å². The molecule has 10 aliphatic rings. The predicted molar refractivity (Wildman–Crippen MR) is 123 cm³/mol. The van der Waals surface area contributed by atoms with Crippen molar-refractivity contribution in [2.24, 2.45) is 0 Å². The molecule has 5 atom stereocenters. The van der Waals surface area contributed by atoms with Gasteiger partial charge in [0.2, 0.25) is 0 Å². The van der Waals surface area contributed by atoms with E-state index in [9.17, 15) is 5.11 Å². The Bertz CT molecular complexity index is 1180. The number of hydrogen-bond donors (Lipinski definition) is 1. The van der Waals surface area contributed by atoms with E-state index in [2.05, 4.69) is 20.8 Å². The molecule has 4 heteroatoms. The summed E-state index contributed by atoms with van der Waals surface area (Å²) in [5.74, 6) is 0. The molecule has 1 spiro atoms. The van der Waals surface area contributed by atoms with Crippen LogP contribution in [-0.4, -0.2) is 43.3 Å². The first-order chi connectivity index (χ1) is 14.4. The van der Waals surface area contributed by atoms with Crippen molar-refractivity contribution in [3.05, 3.63) is 0 Å². The normalized spacial score (nSPS) is 75.9. The van der Waals surface area contributed by atoms with Crippen LogP contribution in [0.3, 0.4) is 0 Å². The third-order valence-electron chi connectivity index (χ3n) is 19.7. The van der Waals surface area contributed by atoms with Crippen molar-refractivity contribution in [3.8, 4) is 0 Å². The molecule has 0 aromatic rings. The summed E-state index contributed by atoms with van der Waals surface area (Å²) in [6, 6.07) is 0. The van der Waals surface area contributed by atoms with E-state index < -0.39 is 24.9 Å². The Morgan fingerprint density at radius 2 is 1.30 bits per heavy atom. The molecule has 0 aliphatic carbocycles. The molecular weight excluding hydrogens is 519 g/mol. The Morgan fingerprint density at radius 1 is 0.767 bits per heavy atom. The zero-order valence-corrected chi connectivity index (χ0v) is 23.5. The summed E-state index contributed by atoms with van der Waals surface area (Å²) in [7, 11) is 0. The number of unbranched alkanes of at least 4 members (excludes halogenated alkanes) is 3. The fraction of sp³-hybridized carbons (Fsp3) is 1.00. The molecule has 0 radical (unpaired) electrons. The SMILES string of the molecule is CCC[CH2][Sn]([CH2]CCC)([CH2]CCC)[C]12[CH]3[CH]4[CH]5[C]1(COCCCO)[Fe]45321678[CH]2[CH]1[CH]6[CH]7[CH]28. The van der Waals surface area contributed by atoms with Crippen molar-refractivity contribution in [1.29, 1.82) is 0 Å². The van der Waals surface area contributed by atoms with Crippen LogP contribution in [-0.2, 0) is 11.2 Å². The monoisotopic (exact) mass is 564 g/mol.